The molecule has 0 aromatic heterocycles. The minimum Gasteiger partial charge on any atom is -0.497 e. The fourth-order valence-electron chi connectivity index (χ4n) is 2.05. The van der Waals surface area contributed by atoms with E-state index < -0.39 is 0 Å². The number of Topliss-reactive ketones (excluding diaryl/α,β-unsaturated/α-hetero) is 1. The molecule has 0 heterocycles. The zero-order chi connectivity index (χ0) is 15.9. The molecule has 0 aliphatic rings. The number of thioether (sulfide) groups is 1. The lowest BCUT2D eigenvalue weighted by atomic mass is 10.1. The van der Waals surface area contributed by atoms with Crippen molar-refractivity contribution in [1.29, 1.82) is 0 Å². The summed E-state index contributed by atoms with van der Waals surface area (Å²) in [6, 6.07) is 15.2. The topological polar surface area (TPSA) is 35.5 Å². The molecule has 0 aliphatic carbocycles. The van der Waals surface area contributed by atoms with Crippen LogP contribution in [0.15, 0.2) is 48.5 Å². The van der Waals surface area contributed by atoms with Crippen LogP contribution < -0.4 is 9.47 Å². The molecule has 0 N–H and O–H groups in total. The average molecular weight is 316 g/mol. The van der Waals surface area contributed by atoms with Gasteiger partial charge in [-0.25, -0.2) is 0 Å². The molecule has 3 nitrogen and oxygen atoms in total. The van der Waals surface area contributed by atoms with Crippen molar-refractivity contribution in [2.45, 2.75) is 17.9 Å². The molecule has 2 aromatic rings. The maximum absolute atomic E-state index is 12.4. The van der Waals surface area contributed by atoms with Crippen LogP contribution in [0.4, 0.5) is 0 Å². The Morgan fingerprint density at radius 1 is 1.05 bits per heavy atom. The molecule has 2 rings (SSSR count). The Kier molecular flexibility index (Phi) is 5.90. The summed E-state index contributed by atoms with van der Waals surface area (Å²) >= 11 is 1.63. The summed E-state index contributed by atoms with van der Waals surface area (Å²) in [5.41, 5.74) is 1.87. The van der Waals surface area contributed by atoms with Gasteiger partial charge in [0.15, 0.2) is 5.78 Å². The smallest absolute Gasteiger partial charge is 0.175 e. The van der Waals surface area contributed by atoms with E-state index in [2.05, 4.69) is 0 Å². The van der Waals surface area contributed by atoms with E-state index in [1.807, 2.05) is 55.5 Å². The van der Waals surface area contributed by atoms with Gasteiger partial charge in [0.2, 0.25) is 0 Å². The number of methoxy groups -OCH3 is 2. The van der Waals surface area contributed by atoms with Crippen molar-refractivity contribution in [2.24, 2.45) is 0 Å². The maximum atomic E-state index is 12.4. The number of ether oxygens (including phenoxy) is 2. The van der Waals surface area contributed by atoms with Gasteiger partial charge in [0.1, 0.15) is 11.5 Å². The third-order valence-electron chi connectivity index (χ3n) is 3.38. The van der Waals surface area contributed by atoms with Crippen LogP contribution >= 0.6 is 11.8 Å². The first-order chi connectivity index (χ1) is 10.6. The molecule has 1 unspecified atom stereocenters. The molecule has 2 aromatic carbocycles. The Morgan fingerprint density at radius 3 is 2.36 bits per heavy atom. The largest absolute Gasteiger partial charge is 0.497 e. The van der Waals surface area contributed by atoms with Crippen molar-refractivity contribution < 1.29 is 14.3 Å². The van der Waals surface area contributed by atoms with Crippen molar-refractivity contribution in [1.82, 2.24) is 0 Å². The average Bonchev–Trinajstić information content (AvgIpc) is 2.59. The van der Waals surface area contributed by atoms with Crippen LogP contribution in [0.25, 0.3) is 0 Å². The first kappa shape index (κ1) is 16.4. The Bertz CT molecular complexity index is 622. The monoisotopic (exact) mass is 316 g/mol. The van der Waals surface area contributed by atoms with E-state index in [4.69, 9.17) is 9.47 Å². The second kappa shape index (κ2) is 7.90. The predicted octanol–water partition coefficient (Wildman–Crippen LogP) is 4.21. The van der Waals surface area contributed by atoms with Gasteiger partial charge in [-0.15, -0.1) is 11.8 Å². The lowest BCUT2D eigenvalue weighted by Gasteiger charge is -2.11. The molecule has 0 amide bonds. The molecule has 0 bridgehead atoms. The Morgan fingerprint density at radius 2 is 1.73 bits per heavy atom. The molecule has 0 fully saturated rings. The molecular formula is C18H20O3S. The number of hydrogen-bond acceptors (Lipinski definition) is 4. The van der Waals surface area contributed by atoms with Crippen molar-refractivity contribution in [3.8, 4) is 11.5 Å². The van der Waals surface area contributed by atoms with Crippen LogP contribution in [0, 0.1) is 0 Å². The van der Waals surface area contributed by atoms with E-state index in [0.29, 0.717) is 5.56 Å². The molecule has 1 atom stereocenters. The van der Waals surface area contributed by atoms with Crippen molar-refractivity contribution in [2.75, 3.05) is 14.2 Å². The molecule has 22 heavy (non-hydrogen) atoms. The van der Waals surface area contributed by atoms with Gasteiger partial charge >= 0.3 is 0 Å². The normalized spacial score (nSPS) is 11.8. The van der Waals surface area contributed by atoms with E-state index in [9.17, 15) is 4.79 Å². The summed E-state index contributed by atoms with van der Waals surface area (Å²) in [6.45, 7) is 1.94. The zero-order valence-corrected chi connectivity index (χ0v) is 13.9. The van der Waals surface area contributed by atoms with Gasteiger partial charge in [0, 0.05) is 11.3 Å². The Labute approximate surface area is 135 Å². The third kappa shape index (κ3) is 4.28. The van der Waals surface area contributed by atoms with Crippen LogP contribution in [0.3, 0.4) is 0 Å². The van der Waals surface area contributed by atoms with Crippen molar-refractivity contribution in [3.63, 3.8) is 0 Å². The van der Waals surface area contributed by atoms with E-state index in [1.54, 1.807) is 26.0 Å². The van der Waals surface area contributed by atoms with Crippen molar-refractivity contribution >= 4 is 17.5 Å². The summed E-state index contributed by atoms with van der Waals surface area (Å²) in [5, 5.41) is -0.0976. The summed E-state index contributed by atoms with van der Waals surface area (Å²) in [7, 11) is 3.27. The Balaban J connectivity index is 1.95. The first-order valence-electron chi connectivity index (χ1n) is 7.07. The number of rotatable bonds is 7. The molecular weight excluding hydrogens is 296 g/mol. The lowest BCUT2D eigenvalue weighted by molar-refractivity contribution is 0.0994. The van der Waals surface area contributed by atoms with Gasteiger partial charge in [-0.1, -0.05) is 12.1 Å². The van der Waals surface area contributed by atoms with Gasteiger partial charge in [-0.3, -0.25) is 4.79 Å². The number of benzene rings is 2. The Hall–Kier alpha value is -1.94. The highest BCUT2D eigenvalue weighted by atomic mass is 32.2. The molecule has 4 heteroatoms. The van der Waals surface area contributed by atoms with Gasteiger partial charge in [-0.05, 0) is 48.9 Å². The van der Waals surface area contributed by atoms with E-state index in [-0.39, 0.29) is 11.0 Å². The fourth-order valence-corrected chi connectivity index (χ4v) is 2.96. The zero-order valence-electron chi connectivity index (χ0n) is 13.0. The molecule has 0 spiro atoms. The lowest BCUT2D eigenvalue weighted by Crippen LogP contribution is -2.13. The summed E-state index contributed by atoms with van der Waals surface area (Å²) in [4.78, 5) is 12.4. The van der Waals surface area contributed by atoms with Crippen LogP contribution in [0.5, 0.6) is 11.5 Å². The standard InChI is InChI=1S/C18H20O3S/c1-13(18(19)15-7-9-16(20-2)10-8-15)22-12-14-5-4-6-17(11-14)21-3/h4-11,13H,12H2,1-3H3. The first-order valence-corrected chi connectivity index (χ1v) is 8.11. The predicted molar refractivity (Wildman–Crippen MR) is 91.1 cm³/mol. The highest BCUT2D eigenvalue weighted by Gasteiger charge is 2.15. The molecule has 0 saturated carbocycles. The van der Waals surface area contributed by atoms with E-state index in [0.717, 1.165) is 22.8 Å². The van der Waals surface area contributed by atoms with Gasteiger partial charge < -0.3 is 9.47 Å². The van der Waals surface area contributed by atoms with Crippen LogP contribution in [0.1, 0.15) is 22.8 Å². The second-order valence-electron chi connectivity index (χ2n) is 4.90. The third-order valence-corrected chi connectivity index (χ3v) is 4.59. The summed E-state index contributed by atoms with van der Waals surface area (Å²) in [5.74, 6) is 2.51. The minimum absolute atomic E-state index is 0.0976. The summed E-state index contributed by atoms with van der Waals surface area (Å²) < 4.78 is 10.3. The van der Waals surface area contributed by atoms with Crippen LogP contribution in [-0.4, -0.2) is 25.3 Å². The van der Waals surface area contributed by atoms with Crippen molar-refractivity contribution in [3.05, 3.63) is 59.7 Å². The van der Waals surface area contributed by atoms with E-state index >= 15 is 0 Å². The number of ketones is 1. The van der Waals surface area contributed by atoms with Crippen LogP contribution in [0.2, 0.25) is 0 Å². The van der Waals surface area contributed by atoms with Gasteiger partial charge in [-0.2, -0.15) is 0 Å². The molecule has 0 radical (unpaired) electrons. The maximum Gasteiger partial charge on any atom is 0.175 e. The molecule has 0 saturated heterocycles. The fraction of sp³-hybridized carbons (Fsp3) is 0.278. The van der Waals surface area contributed by atoms with Gasteiger partial charge in [0.25, 0.3) is 0 Å². The van der Waals surface area contributed by atoms with Crippen LogP contribution in [-0.2, 0) is 5.75 Å². The number of carbonyl (C=O) groups is 1. The van der Waals surface area contributed by atoms with Gasteiger partial charge in [0.05, 0.1) is 19.5 Å². The number of hydrogen-bond donors (Lipinski definition) is 0. The SMILES string of the molecule is COc1ccc(C(=O)C(C)SCc2cccc(OC)c2)cc1. The van der Waals surface area contributed by atoms with E-state index in [1.165, 1.54) is 0 Å². The number of carbonyl (C=O) groups excluding carboxylic acids is 1. The highest BCUT2D eigenvalue weighted by molar-refractivity contribution is 7.99. The quantitative estimate of drug-likeness (QED) is 0.717. The summed E-state index contributed by atoms with van der Waals surface area (Å²) in [6.07, 6.45) is 0. The minimum atomic E-state index is -0.0976. The molecule has 0 aliphatic heterocycles. The highest BCUT2D eigenvalue weighted by Crippen LogP contribution is 2.24. The second-order valence-corrected chi connectivity index (χ2v) is 6.23. The molecule has 116 valence electrons.